The monoisotopic (exact) mass is 400 g/mol. The van der Waals surface area contributed by atoms with Gasteiger partial charge in [0.2, 0.25) is 0 Å². The van der Waals surface area contributed by atoms with Gasteiger partial charge in [-0.05, 0) is 33.6 Å². The fourth-order valence-electron chi connectivity index (χ4n) is 2.40. The Balaban J connectivity index is 0. The van der Waals surface area contributed by atoms with Crippen LogP contribution in [0.1, 0.15) is 47.5 Å². The third-order valence-electron chi connectivity index (χ3n) is 4.05. The molecule has 5 heteroatoms. The summed E-state index contributed by atoms with van der Waals surface area (Å²) in [7, 11) is 0. The van der Waals surface area contributed by atoms with E-state index >= 15 is 0 Å². The number of hydrogen-bond donors (Lipinski definition) is 0. The van der Waals surface area contributed by atoms with E-state index in [0.29, 0.717) is 6.61 Å². The molecular weight excluding hydrogens is 367 g/mol. The van der Waals surface area contributed by atoms with Crippen molar-refractivity contribution in [2.24, 2.45) is 0 Å². The molecule has 0 aliphatic heterocycles. The first-order chi connectivity index (χ1) is 9.09. The molecule has 0 spiro atoms. The molecule has 4 nitrogen and oxygen atoms in total. The largest absolute Gasteiger partial charge is 1.00 e. The Bertz CT molecular complexity index is 232. The maximum absolute atomic E-state index is 12.0. The molecule has 0 unspecified atom stereocenters. The number of hydrogen-bond acceptors (Lipinski definition) is 2. The Morgan fingerprint density at radius 2 is 1.40 bits per heavy atom. The molecule has 1 amide bonds. The Morgan fingerprint density at radius 3 is 1.75 bits per heavy atom. The lowest BCUT2D eigenvalue weighted by atomic mass is 10.3. The van der Waals surface area contributed by atoms with Gasteiger partial charge in [-0.1, -0.05) is 13.8 Å². The summed E-state index contributed by atoms with van der Waals surface area (Å²) in [5, 5.41) is 0. The van der Waals surface area contributed by atoms with Crippen LogP contribution in [0, 0.1) is 0 Å². The van der Waals surface area contributed by atoms with Gasteiger partial charge in [0.1, 0.15) is 13.2 Å². The van der Waals surface area contributed by atoms with Crippen molar-refractivity contribution < 1.29 is 38.0 Å². The van der Waals surface area contributed by atoms with Crippen molar-refractivity contribution in [2.45, 2.75) is 47.5 Å². The average molecular weight is 400 g/mol. The molecule has 0 radical (unpaired) electrons. The standard InChI is InChI=1S/C15H33N2O2.HI/c1-6-11-16(12-7-2)15(18)19-14-13-17(8-3,9-4)10-5;/h6-14H2,1-5H3;1H/q+1;/p-1. The maximum atomic E-state index is 12.0. The predicted octanol–water partition coefficient (Wildman–Crippen LogP) is 0.126. The highest BCUT2D eigenvalue weighted by atomic mass is 127. The van der Waals surface area contributed by atoms with Gasteiger partial charge in [-0.3, -0.25) is 0 Å². The van der Waals surface area contributed by atoms with Crippen LogP contribution in [0.5, 0.6) is 0 Å². The number of carbonyl (C=O) groups excluding carboxylic acids is 1. The molecule has 0 atom stereocenters. The summed E-state index contributed by atoms with van der Waals surface area (Å²) in [6, 6.07) is 0. The molecule has 20 heavy (non-hydrogen) atoms. The molecular formula is C15H33IN2O2. The number of amides is 1. The minimum Gasteiger partial charge on any atom is -1.00 e. The molecule has 0 rings (SSSR count). The van der Waals surface area contributed by atoms with E-state index in [0.717, 1.165) is 56.6 Å². The van der Waals surface area contributed by atoms with Crippen LogP contribution < -0.4 is 24.0 Å². The highest BCUT2D eigenvalue weighted by Gasteiger charge is 2.21. The van der Waals surface area contributed by atoms with Gasteiger partial charge < -0.3 is 38.1 Å². The van der Waals surface area contributed by atoms with E-state index in [4.69, 9.17) is 4.74 Å². The number of ether oxygens (including phenoxy) is 1. The van der Waals surface area contributed by atoms with Gasteiger partial charge >= 0.3 is 6.09 Å². The zero-order valence-corrected chi connectivity index (χ0v) is 16.1. The summed E-state index contributed by atoms with van der Waals surface area (Å²) in [6.45, 7) is 17.1. The van der Waals surface area contributed by atoms with Crippen LogP contribution in [0.15, 0.2) is 0 Å². The van der Waals surface area contributed by atoms with Crippen LogP contribution in [0.25, 0.3) is 0 Å². The van der Waals surface area contributed by atoms with Gasteiger partial charge in [0, 0.05) is 13.1 Å². The molecule has 0 fully saturated rings. The highest BCUT2D eigenvalue weighted by Crippen LogP contribution is 2.06. The molecule has 0 aliphatic carbocycles. The van der Waals surface area contributed by atoms with Crippen LogP contribution in [-0.2, 0) is 4.74 Å². The number of quaternary nitrogens is 1. The van der Waals surface area contributed by atoms with Crippen LogP contribution in [-0.4, -0.2) is 61.4 Å². The van der Waals surface area contributed by atoms with Gasteiger partial charge in [-0.15, -0.1) is 0 Å². The van der Waals surface area contributed by atoms with Gasteiger partial charge in [0.05, 0.1) is 19.6 Å². The van der Waals surface area contributed by atoms with Crippen molar-refractivity contribution in [3.05, 3.63) is 0 Å². The SMILES string of the molecule is CCCN(CCC)C(=O)OCC[N+](CC)(CC)CC.[I-]. The second-order valence-corrected chi connectivity index (χ2v) is 5.12. The first-order valence-electron chi connectivity index (χ1n) is 7.85. The smallest absolute Gasteiger partial charge is 0.409 e. The Kier molecular flexibility index (Phi) is 14.1. The Morgan fingerprint density at radius 1 is 0.950 bits per heavy atom. The van der Waals surface area contributed by atoms with Crippen LogP contribution in [0.3, 0.4) is 0 Å². The Labute approximate surface area is 142 Å². The first-order valence-corrected chi connectivity index (χ1v) is 7.85. The van der Waals surface area contributed by atoms with Gasteiger partial charge in [-0.25, -0.2) is 4.79 Å². The zero-order chi connectivity index (χ0) is 14.7. The topological polar surface area (TPSA) is 29.5 Å². The molecule has 122 valence electrons. The van der Waals surface area contributed by atoms with E-state index in [-0.39, 0.29) is 30.1 Å². The summed E-state index contributed by atoms with van der Waals surface area (Å²) in [4.78, 5) is 13.8. The average Bonchev–Trinajstić information content (AvgIpc) is 2.44. The Hall–Kier alpha value is -0.0400. The van der Waals surface area contributed by atoms with E-state index in [9.17, 15) is 4.79 Å². The van der Waals surface area contributed by atoms with Crippen molar-refractivity contribution in [3.63, 3.8) is 0 Å². The summed E-state index contributed by atoms with van der Waals surface area (Å²) in [5.41, 5.74) is 0. The number of rotatable bonds is 10. The van der Waals surface area contributed by atoms with Gasteiger partial charge in [0.15, 0.2) is 0 Å². The third-order valence-corrected chi connectivity index (χ3v) is 4.05. The number of halogens is 1. The molecule has 0 N–H and O–H groups in total. The van der Waals surface area contributed by atoms with Crippen LogP contribution in [0.4, 0.5) is 4.79 Å². The molecule has 0 heterocycles. The minimum absolute atomic E-state index is 0. The van der Waals surface area contributed by atoms with E-state index in [2.05, 4.69) is 34.6 Å². The molecule has 0 bridgehead atoms. The first kappa shape index (κ1) is 22.2. The second-order valence-electron chi connectivity index (χ2n) is 5.12. The highest BCUT2D eigenvalue weighted by molar-refractivity contribution is 5.67. The molecule has 0 saturated carbocycles. The fourth-order valence-corrected chi connectivity index (χ4v) is 2.40. The zero-order valence-electron chi connectivity index (χ0n) is 14.0. The summed E-state index contributed by atoms with van der Waals surface area (Å²) < 4.78 is 6.46. The van der Waals surface area contributed by atoms with Crippen LogP contribution >= 0.6 is 0 Å². The lowest BCUT2D eigenvalue weighted by Crippen LogP contribution is -3.00. The lowest BCUT2D eigenvalue weighted by Gasteiger charge is -2.35. The fraction of sp³-hybridized carbons (Fsp3) is 0.933. The maximum Gasteiger partial charge on any atom is 0.409 e. The lowest BCUT2D eigenvalue weighted by molar-refractivity contribution is -0.923. The molecule has 0 saturated heterocycles. The summed E-state index contributed by atoms with van der Waals surface area (Å²) in [5.74, 6) is 0. The van der Waals surface area contributed by atoms with Crippen molar-refractivity contribution in [1.82, 2.24) is 4.90 Å². The quantitative estimate of drug-likeness (QED) is 0.385. The second kappa shape index (κ2) is 12.7. The number of carbonyl (C=O) groups is 1. The molecule has 0 aromatic heterocycles. The normalized spacial score (nSPS) is 10.8. The summed E-state index contributed by atoms with van der Waals surface area (Å²) in [6.07, 6.45) is 1.81. The van der Waals surface area contributed by atoms with Crippen molar-refractivity contribution in [3.8, 4) is 0 Å². The third kappa shape index (κ3) is 7.67. The van der Waals surface area contributed by atoms with E-state index in [1.165, 1.54) is 0 Å². The van der Waals surface area contributed by atoms with E-state index < -0.39 is 0 Å². The predicted molar refractivity (Wildman–Crippen MR) is 80.3 cm³/mol. The van der Waals surface area contributed by atoms with E-state index in [1.54, 1.807) is 0 Å². The number of likely N-dealkylation sites (N-methyl/N-ethyl adjacent to an activating group) is 1. The summed E-state index contributed by atoms with van der Waals surface area (Å²) >= 11 is 0. The molecule has 0 aliphatic rings. The number of nitrogens with zero attached hydrogens (tertiary/aromatic N) is 2. The van der Waals surface area contributed by atoms with E-state index in [1.807, 2.05) is 4.90 Å². The minimum atomic E-state index is -0.148. The van der Waals surface area contributed by atoms with Crippen molar-refractivity contribution in [1.29, 1.82) is 0 Å². The van der Waals surface area contributed by atoms with Crippen molar-refractivity contribution in [2.75, 3.05) is 45.9 Å². The van der Waals surface area contributed by atoms with Crippen molar-refractivity contribution >= 4 is 6.09 Å². The van der Waals surface area contributed by atoms with Gasteiger partial charge in [-0.2, -0.15) is 0 Å². The van der Waals surface area contributed by atoms with Crippen LogP contribution in [0.2, 0.25) is 0 Å². The molecule has 0 aromatic rings. The van der Waals surface area contributed by atoms with Gasteiger partial charge in [0.25, 0.3) is 0 Å². The molecule has 0 aromatic carbocycles.